The van der Waals surface area contributed by atoms with Crippen LogP contribution in [0, 0.1) is 0 Å². The zero-order chi connectivity index (χ0) is 9.07. The summed E-state index contributed by atoms with van der Waals surface area (Å²) >= 11 is 0. The maximum atomic E-state index is 2.27. The number of unbranched alkanes of at least 4 members (excludes halogenated alkanes) is 4. The lowest BCUT2D eigenvalue weighted by Gasteiger charge is -1.89. The van der Waals surface area contributed by atoms with Gasteiger partial charge in [-0.3, -0.25) is 0 Å². The van der Waals surface area contributed by atoms with Crippen molar-refractivity contribution in [2.45, 2.75) is 52.4 Å². The molecule has 0 saturated carbocycles. The molecule has 0 spiro atoms. The second-order valence-electron chi connectivity index (χ2n) is 3.14. The fourth-order valence-electron chi connectivity index (χ4n) is 1.03. The van der Waals surface area contributed by atoms with Crippen molar-refractivity contribution in [3.8, 4) is 0 Å². The van der Waals surface area contributed by atoms with E-state index in [2.05, 4.69) is 38.2 Å². The predicted molar refractivity (Wildman–Crippen MR) is 57.3 cm³/mol. The van der Waals surface area contributed by atoms with Crippen molar-refractivity contribution < 1.29 is 0 Å². The maximum Gasteiger partial charge on any atom is -0.0348 e. The molecule has 0 nitrogen and oxygen atoms in total. The largest absolute Gasteiger partial charge is 0.0846 e. The summed E-state index contributed by atoms with van der Waals surface area (Å²) in [6.07, 6.45) is 16.6. The first-order valence-electron chi connectivity index (χ1n) is 5.23. The van der Waals surface area contributed by atoms with E-state index in [9.17, 15) is 0 Å². The quantitative estimate of drug-likeness (QED) is 0.386. The van der Waals surface area contributed by atoms with Gasteiger partial charge in [-0.15, -0.1) is 0 Å². The Morgan fingerprint density at radius 3 is 2.00 bits per heavy atom. The van der Waals surface area contributed by atoms with E-state index in [0.717, 1.165) is 0 Å². The van der Waals surface area contributed by atoms with Gasteiger partial charge >= 0.3 is 0 Å². The molecule has 0 atom stereocenters. The molecule has 0 aliphatic heterocycles. The van der Waals surface area contributed by atoms with Crippen molar-refractivity contribution in [3.63, 3.8) is 0 Å². The number of allylic oxidation sites excluding steroid dienone is 4. The first-order valence-corrected chi connectivity index (χ1v) is 5.23. The first kappa shape index (κ1) is 11.5. The summed E-state index contributed by atoms with van der Waals surface area (Å²) < 4.78 is 0. The molecular weight excluding hydrogens is 144 g/mol. The first-order chi connectivity index (χ1) is 5.91. The molecule has 0 heteroatoms. The Kier molecular flexibility index (Phi) is 10.0. The summed E-state index contributed by atoms with van der Waals surface area (Å²) in [5.74, 6) is 0. The van der Waals surface area contributed by atoms with Gasteiger partial charge in [0.2, 0.25) is 0 Å². The van der Waals surface area contributed by atoms with Gasteiger partial charge in [0.25, 0.3) is 0 Å². The van der Waals surface area contributed by atoms with Crippen LogP contribution in [-0.4, -0.2) is 0 Å². The van der Waals surface area contributed by atoms with Crippen molar-refractivity contribution in [1.29, 1.82) is 0 Å². The highest BCUT2D eigenvalue weighted by Gasteiger charge is 1.79. The van der Waals surface area contributed by atoms with E-state index < -0.39 is 0 Å². The lowest BCUT2D eigenvalue weighted by molar-refractivity contribution is 0.729. The molecule has 0 aromatic rings. The highest BCUT2D eigenvalue weighted by atomic mass is 13.9. The highest BCUT2D eigenvalue weighted by Crippen LogP contribution is 1.99. The molecule has 0 N–H and O–H groups in total. The minimum Gasteiger partial charge on any atom is -0.0846 e. The van der Waals surface area contributed by atoms with Crippen LogP contribution in [0.15, 0.2) is 24.3 Å². The molecule has 0 radical (unpaired) electrons. The second-order valence-corrected chi connectivity index (χ2v) is 3.14. The van der Waals surface area contributed by atoms with Crippen LogP contribution in [-0.2, 0) is 0 Å². The molecule has 0 aliphatic carbocycles. The summed E-state index contributed by atoms with van der Waals surface area (Å²) in [5, 5.41) is 0. The third-order valence-electron chi connectivity index (χ3n) is 1.81. The van der Waals surface area contributed by atoms with Gasteiger partial charge in [0.1, 0.15) is 0 Å². The Morgan fingerprint density at radius 1 is 0.750 bits per heavy atom. The average Bonchev–Trinajstić information content (AvgIpc) is 2.10. The van der Waals surface area contributed by atoms with Gasteiger partial charge in [0.05, 0.1) is 0 Å². The molecule has 70 valence electrons. The Bertz CT molecular complexity index is 120. The molecule has 0 rings (SSSR count). The summed E-state index contributed by atoms with van der Waals surface area (Å²) in [7, 11) is 0. The SMILES string of the molecule is CCCC=CC=CCCCCC. The fraction of sp³-hybridized carbons (Fsp3) is 0.667. The van der Waals surface area contributed by atoms with E-state index in [-0.39, 0.29) is 0 Å². The molecule has 0 aromatic heterocycles. The van der Waals surface area contributed by atoms with Crippen LogP contribution < -0.4 is 0 Å². The molecule has 0 unspecified atom stereocenters. The Hall–Kier alpha value is -0.520. The van der Waals surface area contributed by atoms with Crippen LogP contribution in [0.2, 0.25) is 0 Å². The summed E-state index contributed by atoms with van der Waals surface area (Å²) in [6, 6.07) is 0. The van der Waals surface area contributed by atoms with Gasteiger partial charge in [0.15, 0.2) is 0 Å². The molecule has 0 bridgehead atoms. The van der Waals surface area contributed by atoms with Crippen LogP contribution in [0.25, 0.3) is 0 Å². The van der Waals surface area contributed by atoms with Crippen molar-refractivity contribution in [3.05, 3.63) is 24.3 Å². The number of rotatable bonds is 7. The molecule has 0 saturated heterocycles. The van der Waals surface area contributed by atoms with Gasteiger partial charge in [-0.2, -0.15) is 0 Å². The van der Waals surface area contributed by atoms with E-state index in [0.29, 0.717) is 0 Å². The Morgan fingerprint density at radius 2 is 1.42 bits per heavy atom. The van der Waals surface area contributed by atoms with Gasteiger partial charge in [0, 0.05) is 0 Å². The van der Waals surface area contributed by atoms with Gasteiger partial charge in [-0.1, -0.05) is 57.4 Å². The third kappa shape index (κ3) is 9.48. The van der Waals surface area contributed by atoms with Crippen molar-refractivity contribution in [2.24, 2.45) is 0 Å². The lowest BCUT2D eigenvalue weighted by Crippen LogP contribution is -1.69. The standard InChI is InChI=1S/C12H22/c1-3-5-7-9-11-12-10-8-6-4-2/h7,9,11-12H,3-6,8,10H2,1-2H3. The summed E-state index contributed by atoms with van der Waals surface area (Å²) in [4.78, 5) is 0. The highest BCUT2D eigenvalue weighted by molar-refractivity contribution is 5.01. The van der Waals surface area contributed by atoms with Crippen molar-refractivity contribution in [1.82, 2.24) is 0 Å². The second kappa shape index (κ2) is 10.5. The topological polar surface area (TPSA) is 0 Å². The van der Waals surface area contributed by atoms with Gasteiger partial charge < -0.3 is 0 Å². The summed E-state index contributed by atoms with van der Waals surface area (Å²) in [5.41, 5.74) is 0. The van der Waals surface area contributed by atoms with Crippen LogP contribution in [0.1, 0.15) is 52.4 Å². The predicted octanol–water partition coefficient (Wildman–Crippen LogP) is 4.48. The molecule has 0 aliphatic rings. The van der Waals surface area contributed by atoms with Crippen LogP contribution in [0.5, 0.6) is 0 Å². The Labute approximate surface area is 77.4 Å². The molecule has 0 heterocycles. The number of hydrogen-bond donors (Lipinski definition) is 0. The van der Waals surface area contributed by atoms with Crippen LogP contribution in [0.4, 0.5) is 0 Å². The average molecular weight is 166 g/mol. The van der Waals surface area contributed by atoms with Gasteiger partial charge in [-0.25, -0.2) is 0 Å². The monoisotopic (exact) mass is 166 g/mol. The maximum absolute atomic E-state index is 2.27. The normalized spacial score (nSPS) is 11.8. The third-order valence-corrected chi connectivity index (χ3v) is 1.81. The zero-order valence-electron chi connectivity index (χ0n) is 8.55. The lowest BCUT2D eigenvalue weighted by atomic mass is 10.2. The number of hydrogen-bond acceptors (Lipinski definition) is 0. The van der Waals surface area contributed by atoms with Crippen molar-refractivity contribution in [2.75, 3.05) is 0 Å². The Balaban J connectivity index is 3.13. The van der Waals surface area contributed by atoms with E-state index >= 15 is 0 Å². The van der Waals surface area contributed by atoms with Crippen molar-refractivity contribution >= 4 is 0 Å². The van der Waals surface area contributed by atoms with Crippen LogP contribution in [0.3, 0.4) is 0 Å². The van der Waals surface area contributed by atoms with Crippen LogP contribution >= 0.6 is 0 Å². The molecule has 0 aromatic carbocycles. The van der Waals surface area contributed by atoms with E-state index in [1.165, 1.54) is 38.5 Å². The molecule has 0 fully saturated rings. The zero-order valence-corrected chi connectivity index (χ0v) is 8.55. The van der Waals surface area contributed by atoms with E-state index in [1.54, 1.807) is 0 Å². The molecular formula is C12H22. The summed E-state index contributed by atoms with van der Waals surface area (Å²) in [6.45, 7) is 4.44. The smallest absolute Gasteiger partial charge is 0.0348 e. The molecule has 12 heavy (non-hydrogen) atoms. The minimum atomic E-state index is 1.21. The minimum absolute atomic E-state index is 1.21. The molecule has 0 amide bonds. The fourth-order valence-corrected chi connectivity index (χ4v) is 1.03. The van der Waals surface area contributed by atoms with Gasteiger partial charge in [-0.05, 0) is 19.3 Å². The van der Waals surface area contributed by atoms with E-state index in [1.807, 2.05) is 0 Å². The van der Waals surface area contributed by atoms with E-state index in [4.69, 9.17) is 0 Å².